The molecule has 2 amide bonds. The van der Waals surface area contributed by atoms with Crippen molar-refractivity contribution in [2.24, 2.45) is 0 Å². The quantitative estimate of drug-likeness (QED) is 0.515. The molecule has 1 saturated heterocycles. The van der Waals surface area contributed by atoms with Gasteiger partial charge in [-0.3, -0.25) is 9.29 Å². The van der Waals surface area contributed by atoms with E-state index in [0.29, 0.717) is 0 Å². The second kappa shape index (κ2) is 11.0. The van der Waals surface area contributed by atoms with Gasteiger partial charge >= 0.3 is 18.2 Å². The molecule has 0 radical (unpaired) electrons. The first-order valence-corrected chi connectivity index (χ1v) is 13.0. The van der Waals surface area contributed by atoms with E-state index in [2.05, 4.69) is 0 Å². The van der Waals surface area contributed by atoms with Gasteiger partial charge in [0.25, 0.3) is 0 Å². The molecule has 1 N–H and O–H groups in total. The first-order chi connectivity index (χ1) is 18.1. The van der Waals surface area contributed by atoms with Crippen LogP contribution in [0.3, 0.4) is 0 Å². The largest absolute Gasteiger partial charge is 0.479 e. The third-order valence-corrected chi connectivity index (χ3v) is 7.23. The summed E-state index contributed by atoms with van der Waals surface area (Å²) < 4.78 is 24.4. The Hall–Kier alpha value is -3.62. The van der Waals surface area contributed by atoms with E-state index in [9.17, 15) is 23.9 Å². The Morgan fingerprint density at radius 1 is 1.03 bits per heavy atom. The molecule has 9 heteroatoms. The van der Waals surface area contributed by atoms with E-state index in [1.165, 1.54) is 4.90 Å². The number of aliphatic carboxylic acids is 1. The van der Waals surface area contributed by atoms with Crippen LogP contribution in [0.4, 0.5) is 14.0 Å². The van der Waals surface area contributed by atoms with Crippen molar-refractivity contribution in [2.75, 3.05) is 32.9 Å². The highest BCUT2D eigenvalue weighted by atomic mass is 19.1. The van der Waals surface area contributed by atoms with E-state index in [4.69, 9.17) is 9.47 Å². The molecule has 1 aliphatic carbocycles. The van der Waals surface area contributed by atoms with Crippen molar-refractivity contribution in [1.29, 1.82) is 0 Å². The minimum Gasteiger partial charge on any atom is -0.479 e. The smallest absolute Gasteiger partial charge is 0.410 e. The molecular formula is C29H35FN2O6. The van der Waals surface area contributed by atoms with Gasteiger partial charge in [-0.05, 0) is 62.3 Å². The van der Waals surface area contributed by atoms with Crippen molar-refractivity contribution < 1.29 is 33.4 Å². The number of ether oxygens (including phenoxy) is 2. The van der Waals surface area contributed by atoms with Crippen molar-refractivity contribution in [3.63, 3.8) is 0 Å². The van der Waals surface area contributed by atoms with Crippen LogP contribution >= 0.6 is 0 Å². The van der Waals surface area contributed by atoms with Crippen LogP contribution in [0, 0.1) is 0 Å². The summed E-state index contributed by atoms with van der Waals surface area (Å²) in [6.07, 6.45) is -1.38. The zero-order chi connectivity index (χ0) is 27.5. The molecule has 0 aromatic heterocycles. The molecule has 0 saturated carbocycles. The van der Waals surface area contributed by atoms with Crippen LogP contribution in [0.15, 0.2) is 48.5 Å². The van der Waals surface area contributed by atoms with Gasteiger partial charge in [-0.15, -0.1) is 0 Å². The maximum Gasteiger partial charge on any atom is 0.410 e. The predicted octanol–water partition coefficient (Wildman–Crippen LogP) is 5.45. The van der Waals surface area contributed by atoms with Gasteiger partial charge in [0.15, 0.2) is 0 Å². The molecule has 8 nitrogen and oxygen atoms in total. The molecule has 0 bridgehead atoms. The summed E-state index contributed by atoms with van der Waals surface area (Å²) in [6.45, 7) is 4.66. The van der Waals surface area contributed by atoms with Crippen LogP contribution in [0.5, 0.6) is 0 Å². The Morgan fingerprint density at radius 2 is 1.58 bits per heavy atom. The SMILES string of the molecule is CC(C)(C)OC(=O)N1CCC(C(=O)O)(N(CCCF)C(=O)OCC2c3ccccc3-c3ccccc32)CC1. The fraction of sp³-hybridized carbons (Fsp3) is 0.483. The molecule has 0 unspecified atom stereocenters. The number of likely N-dealkylation sites (tertiary alicyclic amines) is 1. The van der Waals surface area contributed by atoms with Crippen LogP contribution in [-0.4, -0.2) is 77.1 Å². The summed E-state index contributed by atoms with van der Waals surface area (Å²) in [4.78, 5) is 41.2. The Balaban J connectivity index is 1.52. The van der Waals surface area contributed by atoms with Crippen LogP contribution < -0.4 is 0 Å². The van der Waals surface area contributed by atoms with Gasteiger partial charge in [0.2, 0.25) is 0 Å². The summed E-state index contributed by atoms with van der Waals surface area (Å²) in [7, 11) is 0. The summed E-state index contributed by atoms with van der Waals surface area (Å²) in [5.74, 6) is -1.39. The van der Waals surface area contributed by atoms with Crippen molar-refractivity contribution >= 4 is 18.2 Å². The minimum atomic E-state index is -1.61. The van der Waals surface area contributed by atoms with E-state index in [0.717, 1.165) is 27.2 Å². The first kappa shape index (κ1) is 27.4. The number of benzene rings is 2. The molecule has 38 heavy (non-hydrogen) atoms. The third kappa shape index (κ3) is 5.47. The zero-order valence-electron chi connectivity index (χ0n) is 22.1. The lowest BCUT2D eigenvalue weighted by atomic mass is 9.85. The fourth-order valence-electron chi connectivity index (χ4n) is 5.35. The van der Waals surface area contributed by atoms with E-state index in [1.807, 2.05) is 48.5 Å². The molecule has 2 aromatic carbocycles. The zero-order valence-corrected chi connectivity index (χ0v) is 22.1. The number of rotatable bonds is 7. The van der Waals surface area contributed by atoms with Gasteiger partial charge in [-0.1, -0.05) is 48.5 Å². The molecule has 2 aliphatic rings. The van der Waals surface area contributed by atoms with Crippen LogP contribution in [0.2, 0.25) is 0 Å². The Morgan fingerprint density at radius 3 is 2.08 bits per heavy atom. The second-order valence-electron chi connectivity index (χ2n) is 10.8. The summed E-state index contributed by atoms with van der Waals surface area (Å²) in [6, 6.07) is 15.9. The summed E-state index contributed by atoms with van der Waals surface area (Å²) >= 11 is 0. The lowest BCUT2D eigenvalue weighted by Gasteiger charge is -2.45. The minimum absolute atomic E-state index is 0.0158. The summed E-state index contributed by atoms with van der Waals surface area (Å²) in [5.41, 5.74) is 1.93. The van der Waals surface area contributed by atoms with Gasteiger partial charge in [0.05, 0.1) is 6.67 Å². The second-order valence-corrected chi connectivity index (χ2v) is 10.8. The number of piperidine rings is 1. The Labute approximate surface area is 222 Å². The summed E-state index contributed by atoms with van der Waals surface area (Å²) in [5, 5.41) is 10.3. The van der Waals surface area contributed by atoms with E-state index < -0.39 is 36.0 Å². The van der Waals surface area contributed by atoms with Gasteiger partial charge < -0.3 is 19.5 Å². The molecule has 1 heterocycles. The topological polar surface area (TPSA) is 96.4 Å². The van der Waals surface area contributed by atoms with Gasteiger partial charge in [0.1, 0.15) is 17.7 Å². The molecule has 1 fully saturated rings. The maximum absolute atomic E-state index is 13.5. The molecule has 0 spiro atoms. The predicted molar refractivity (Wildman–Crippen MR) is 140 cm³/mol. The van der Waals surface area contributed by atoms with Crippen LogP contribution in [0.25, 0.3) is 11.1 Å². The number of nitrogens with zero attached hydrogens (tertiary/aromatic N) is 2. The van der Waals surface area contributed by atoms with Crippen LogP contribution in [-0.2, 0) is 14.3 Å². The Bertz CT molecular complexity index is 1140. The van der Waals surface area contributed by atoms with Crippen molar-refractivity contribution in [3.8, 4) is 11.1 Å². The van der Waals surface area contributed by atoms with E-state index in [1.54, 1.807) is 20.8 Å². The number of alkyl halides is 1. The molecule has 1 aliphatic heterocycles. The molecular weight excluding hydrogens is 491 g/mol. The highest BCUT2D eigenvalue weighted by Gasteiger charge is 2.50. The number of carbonyl (C=O) groups excluding carboxylic acids is 2. The lowest BCUT2D eigenvalue weighted by Crippen LogP contribution is -2.63. The Kier molecular flexibility index (Phi) is 7.94. The number of amides is 2. The normalized spacial score (nSPS) is 16.4. The van der Waals surface area contributed by atoms with Gasteiger partial charge in [-0.25, -0.2) is 14.4 Å². The number of hydrogen-bond donors (Lipinski definition) is 1. The number of halogens is 1. The van der Waals surface area contributed by atoms with E-state index >= 15 is 0 Å². The highest BCUT2D eigenvalue weighted by molar-refractivity contribution is 5.85. The molecule has 4 rings (SSSR count). The van der Waals surface area contributed by atoms with Crippen molar-refractivity contribution in [1.82, 2.24) is 9.80 Å². The average Bonchev–Trinajstić information content (AvgIpc) is 3.20. The number of carboxylic acid groups (broad SMARTS) is 1. The van der Waals surface area contributed by atoms with Gasteiger partial charge in [0, 0.05) is 25.6 Å². The molecule has 204 valence electrons. The van der Waals surface area contributed by atoms with Crippen molar-refractivity contribution in [2.45, 2.75) is 57.1 Å². The number of carboxylic acids is 1. The highest BCUT2D eigenvalue weighted by Crippen LogP contribution is 2.44. The monoisotopic (exact) mass is 526 g/mol. The van der Waals surface area contributed by atoms with Crippen LogP contribution in [0.1, 0.15) is 57.1 Å². The standard InChI is InChI=1S/C29H35FN2O6/c1-28(2,3)38-26(35)31-17-13-29(14-18-31,25(33)34)32(16-8-15-30)27(36)37-19-24-22-11-6-4-9-20(22)21-10-5-7-12-23(21)24/h4-7,9-12,24H,8,13-19H2,1-3H3,(H,33,34). The van der Waals surface area contributed by atoms with Crippen molar-refractivity contribution in [3.05, 3.63) is 59.7 Å². The lowest BCUT2D eigenvalue weighted by molar-refractivity contribution is -0.154. The maximum atomic E-state index is 13.5. The van der Waals surface area contributed by atoms with Gasteiger partial charge in [-0.2, -0.15) is 0 Å². The number of fused-ring (bicyclic) bond motifs is 3. The number of hydrogen-bond acceptors (Lipinski definition) is 5. The molecule has 2 aromatic rings. The third-order valence-electron chi connectivity index (χ3n) is 7.23. The fourth-order valence-corrected chi connectivity index (χ4v) is 5.35. The average molecular weight is 527 g/mol. The first-order valence-electron chi connectivity index (χ1n) is 13.0. The number of carbonyl (C=O) groups is 3. The molecule has 0 atom stereocenters. The van der Waals surface area contributed by atoms with E-state index in [-0.39, 0.29) is 51.4 Å².